The van der Waals surface area contributed by atoms with Crippen LogP contribution in [0.4, 0.5) is 0 Å². The zero-order valence-corrected chi connectivity index (χ0v) is 15.7. The van der Waals surface area contributed by atoms with E-state index >= 15 is 0 Å². The van der Waals surface area contributed by atoms with Crippen molar-refractivity contribution in [3.63, 3.8) is 0 Å². The third kappa shape index (κ3) is 2.66. The molecule has 0 aromatic carbocycles. The van der Waals surface area contributed by atoms with Crippen LogP contribution >= 0.6 is 0 Å². The van der Waals surface area contributed by atoms with Crippen LogP contribution in [0.1, 0.15) is 50.5 Å². The minimum absolute atomic E-state index is 0.130. The molecule has 1 spiro atoms. The van der Waals surface area contributed by atoms with E-state index in [0.717, 1.165) is 50.9 Å². The van der Waals surface area contributed by atoms with E-state index < -0.39 is 0 Å². The molecule has 2 fully saturated rings. The molecule has 26 heavy (non-hydrogen) atoms. The lowest BCUT2D eigenvalue weighted by Crippen LogP contribution is -2.56. The lowest BCUT2D eigenvalue weighted by Gasteiger charge is -2.48. The van der Waals surface area contributed by atoms with Gasteiger partial charge in [0.2, 0.25) is 11.8 Å². The second kappa shape index (κ2) is 6.56. The fourth-order valence-corrected chi connectivity index (χ4v) is 5.26. The fourth-order valence-electron chi connectivity index (χ4n) is 5.26. The van der Waals surface area contributed by atoms with Crippen molar-refractivity contribution in [1.82, 2.24) is 19.6 Å². The van der Waals surface area contributed by atoms with E-state index in [2.05, 4.69) is 29.1 Å². The van der Waals surface area contributed by atoms with Gasteiger partial charge in [0.05, 0.1) is 11.7 Å². The number of amides is 2. The first-order valence-corrected chi connectivity index (χ1v) is 9.78. The van der Waals surface area contributed by atoms with Crippen molar-refractivity contribution in [2.24, 2.45) is 13.0 Å². The van der Waals surface area contributed by atoms with Crippen LogP contribution in [0.3, 0.4) is 0 Å². The van der Waals surface area contributed by atoms with E-state index in [9.17, 15) is 9.59 Å². The zero-order valence-electron chi connectivity index (χ0n) is 15.7. The Kier molecular flexibility index (Phi) is 4.37. The molecule has 2 amide bonds. The van der Waals surface area contributed by atoms with Crippen LogP contribution < -0.4 is 0 Å². The van der Waals surface area contributed by atoms with Gasteiger partial charge >= 0.3 is 0 Å². The lowest BCUT2D eigenvalue weighted by atomic mass is 9.74. The molecular formula is C20H28N4O2. The quantitative estimate of drug-likeness (QED) is 0.779. The van der Waals surface area contributed by atoms with Crippen LogP contribution in [-0.4, -0.2) is 56.6 Å². The van der Waals surface area contributed by atoms with E-state index in [4.69, 9.17) is 0 Å². The van der Waals surface area contributed by atoms with Crippen molar-refractivity contribution in [2.45, 2.75) is 50.5 Å². The molecule has 0 saturated carbocycles. The Bertz CT molecular complexity index is 722. The highest BCUT2D eigenvalue weighted by Gasteiger charge is 2.54. The van der Waals surface area contributed by atoms with Crippen molar-refractivity contribution >= 4 is 11.8 Å². The lowest BCUT2D eigenvalue weighted by molar-refractivity contribution is -0.139. The van der Waals surface area contributed by atoms with E-state index in [1.807, 2.05) is 29.0 Å². The van der Waals surface area contributed by atoms with Crippen molar-refractivity contribution in [3.8, 4) is 0 Å². The normalized spacial score (nSPS) is 25.6. The molecule has 6 nitrogen and oxygen atoms in total. The molecule has 2 saturated heterocycles. The van der Waals surface area contributed by atoms with Crippen LogP contribution in [0.15, 0.2) is 24.5 Å². The van der Waals surface area contributed by atoms with Gasteiger partial charge in [-0.1, -0.05) is 12.2 Å². The number of rotatable bonds is 3. The SMILES string of the molecule is CCN1C(=O)CC(c2cnn(C)c2)C12CCN(C(=O)C1CC=CC1)CC2. The van der Waals surface area contributed by atoms with Crippen LogP contribution in [0.5, 0.6) is 0 Å². The van der Waals surface area contributed by atoms with Gasteiger partial charge in [-0.3, -0.25) is 14.3 Å². The molecule has 1 unspecified atom stereocenters. The minimum atomic E-state index is -0.167. The van der Waals surface area contributed by atoms with Crippen LogP contribution in [0.25, 0.3) is 0 Å². The van der Waals surface area contributed by atoms with Crippen LogP contribution in [0.2, 0.25) is 0 Å². The maximum Gasteiger partial charge on any atom is 0.226 e. The Morgan fingerprint density at radius 3 is 2.54 bits per heavy atom. The Labute approximate surface area is 154 Å². The summed E-state index contributed by atoms with van der Waals surface area (Å²) < 4.78 is 1.81. The fraction of sp³-hybridized carbons (Fsp3) is 0.650. The summed E-state index contributed by atoms with van der Waals surface area (Å²) in [7, 11) is 1.92. The number of piperidine rings is 1. The molecular weight excluding hydrogens is 328 g/mol. The van der Waals surface area contributed by atoms with Crippen molar-refractivity contribution < 1.29 is 9.59 Å². The molecule has 4 rings (SSSR count). The molecule has 140 valence electrons. The van der Waals surface area contributed by atoms with E-state index in [1.54, 1.807) is 0 Å². The van der Waals surface area contributed by atoms with Crippen molar-refractivity contribution in [3.05, 3.63) is 30.1 Å². The summed E-state index contributed by atoms with van der Waals surface area (Å²) in [5.41, 5.74) is 0.983. The summed E-state index contributed by atoms with van der Waals surface area (Å²) in [6.07, 6.45) is 12.2. The molecule has 1 aliphatic carbocycles. The first kappa shape index (κ1) is 17.3. The number of carbonyl (C=O) groups is 2. The van der Waals surface area contributed by atoms with Crippen LogP contribution in [-0.2, 0) is 16.6 Å². The summed E-state index contributed by atoms with van der Waals surface area (Å²) in [6, 6.07) is 0. The Hall–Kier alpha value is -2.11. The summed E-state index contributed by atoms with van der Waals surface area (Å²) >= 11 is 0. The maximum absolute atomic E-state index is 12.8. The van der Waals surface area contributed by atoms with Gasteiger partial charge in [0.25, 0.3) is 0 Å². The number of aryl methyl sites for hydroxylation is 1. The zero-order chi connectivity index (χ0) is 18.3. The summed E-state index contributed by atoms with van der Waals surface area (Å²) in [5.74, 6) is 0.830. The molecule has 3 heterocycles. The Morgan fingerprint density at radius 1 is 1.27 bits per heavy atom. The highest BCUT2D eigenvalue weighted by Crippen LogP contribution is 2.48. The average molecular weight is 356 g/mol. The summed E-state index contributed by atoms with van der Waals surface area (Å²) in [4.78, 5) is 29.6. The Morgan fingerprint density at radius 2 is 1.96 bits per heavy atom. The number of likely N-dealkylation sites (tertiary alicyclic amines) is 2. The largest absolute Gasteiger partial charge is 0.342 e. The van der Waals surface area contributed by atoms with E-state index in [1.165, 1.54) is 0 Å². The number of carbonyl (C=O) groups excluding carboxylic acids is 2. The molecule has 1 aromatic rings. The molecule has 1 atom stereocenters. The predicted molar refractivity (Wildman–Crippen MR) is 98.4 cm³/mol. The minimum Gasteiger partial charge on any atom is -0.342 e. The topological polar surface area (TPSA) is 58.4 Å². The Balaban J connectivity index is 1.55. The van der Waals surface area contributed by atoms with Gasteiger partial charge in [0.1, 0.15) is 0 Å². The third-order valence-electron chi connectivity index (χ3n) is 6.61. The van der Waals surface area contributed by atoms with Gasteiger partial charge < -0.3 is 9.80 Å². The second-order valence-corrected chi connectivity index (χ2v) is 7.91. The van der Waals surface area contributed by atoms with E-state index in [0.29, 0.717) is 6.42 Å². The van der Waals surface area contributed by atoms with Crippen molar-refractivity contribution in [1.29, 1.82) is 0 Å². The molecule has 0 radical (unpaired) electrons. The van der Waals surface area contributed by atoms with Gasteiger partial charge in [-0.05, 0) is 38.2 Å². The first-order valence-electron chi connectivity index (χ1n) is 9.78. The van der Waals surface area contributed by atoms with Crippen LogP contribution in [0, 0.1) is 5.92 Å². The van der Waals surface area contributed by atoms with Crippen molar-refractivity contribution in [2.75, 3.05) is 19.6 Å². The molecule has 3 aliphatic rings. The second-order valence-electron chi connectivity index (χ2n) is 7.91. The number of hydrogen-bond acceptors (Lipinski definition) is 3. The van der Waals surface area contributed by atoms with Gasteiger partial charge in [-0.2, -0.15) is 5.10 Å². The summed E-state index contributed by atoms with van der Waals surface area (Å²) in [5, 5.41) is 4.33. The molecule has 2 aliphatic heterocycles. The molecule has 0 bridgehead atoms. The third-order valence-corrected chi connectivity index (χ3v) is 6.61. The first-order chi connectivity index (χ1) is 12.5. The molecule has 6 heteroatoms. The highest BCUT2D eigenvalue weighted by molar-refractivity contribution is 5.82. The van der Waals surface area contributed by atoms with Gasteiger partial charge in [-0.15, -0.1) is 0 Å². The smallest absolute Gasteiger partial charge is 0.226 e. The van der Waals surface area contributed by atoms with E-state index in [-0.39, 0.29) is 29.2 Å². The average Bonchev–Trinajstić information content (AvgIpc) is 3.36. The number of allylic oxidation sites excluding steroid dienone is 2. The standard InChI is InChI=1S/C20H28N4O2/c1-3-24-18(25)12-17(16-13-21-22(2)14-16)20(24)8-10-23(11-9-20)19(26)15-6-4-5-7-15/h4-5,13-15,17H,3,6-12H2,1-2H3. The molecule has 0 N–H and O–H groups in total. The predicted octanol–water partition coefficient (Wildman–Crippen LogP) is 2.08. The summed E-state index contributed by atoms with van der Waals surface area (Å²) in [6.45, 7) is 4.29. The number of aromatic nitrogens is 2. The molecule has 1 aromatic heterocycles. The number of likely N-dealkylation sites (N-methyl/N-ethyl adjacent to an activating group) is 1. The number of nitrogens with zero attached hydrogens (tertiary/aromatic N) is 4. The monoisotopic (exact) mass is 356 g/mol. The maximum atomic E-state index is 12.8. The van der Waals surface area contributed by atoms with Gasteiger partial charge in [0.15, 0.2) is 0 Å². The van der Waals surface area contributed by atoms with Gasteiger partial charge in [0, 0.05) is 51.1 Å². The van der Waals surface area contributed by atoms with Gasteiger partial charge in [-0.25, -0.2) is 0 Å². The highest BCUT2D eigenvalue weighted by atomic mass is 16.2. The number of hydrogen-bond donors (Lipinski definition) is 0.